The third kappa shape index (κ3) is 7.34. The zero-order valence-electron chi connectivity index (χ0n) is 18.4. The highest BCUT2D eigenvalue weighted by atomic mass is 16.4. The van der Waals surface area contributed by atoms with Gasteiger partial charge >= 0.3 is 5.97 Å². The normalized spacial score (nSPS) is 15.4. The number of rotatable bonds is 13. The number of carboxylic acids is 1. The van der Waals surface area contributed by atoms with E-state index in [9.17, 15) is 9.90 Å². The summed E-state index contributed by atoms with van der Waals surface area (Å²) in [5, 5.41) is 10.2. The van der Waals surface area contributed by atoms with Gasteiger partial charge in [-0.2, -0.15) is 0 Å². The smallest absolute Gasteiger partial charge is 0.307 e. The molecule has 0 aliphatic carbocycles. The second kappa shape index (κ2) is 11.8. The zero-order chi connectivity index (χ0) is 21.1. The van der Waals surface area contributed by atoms with Crippen LogP contribution in [0.25, 0.3) is 0 Å². The van der Waals surface area contributed by atoms with Gasteiger partial charge in [-0.25, -0.2) is 0 Å². The van der Waals surface area contributed by atoms with E-state index >= 15 is 0 Å². The number of carbonyl (C=O) groups is 1. The molecule has 0 aliphatic heterocycles. The van der Waals surface area contributed by atoms with E-state index < -0.39 is 5.97 Å². The lowest BCUT2D eigenvalue weighted by molar-refractivity contribution is -0.147. The third-order valence-corrected chi connectivity index (χ3v) is 6.55. The molecule has 0 fully saturated rings. The van der Waals surface area contributed by atoms with E-state index in [-0.39, 0.29) is 11.3 Å². The molecule has 0 aliphatic rings. The molecule has 0 saturated heterocycles. The molecule has 2 rings (SSSR count). The van der Waals surface area contributed by atoms with Crippen LogP contribution in [0.3, 0.4) is 0 Å². The van der Waals surface area contributed by atoms with Gasteiger partial charge < -0.3 is 5.11 Å². The number of aryl methyl sites for hydroxylation is 1. The minimum Gasteiger partial charge on any atom is -0.481 e. The van der Waals surface area contributed by atoms with E-state index in [0.29, 0.717) is 12.3 Å². The van der Waals surface area contributed by atoms with Crippen molar-refractivity contribution in [2.75, 3.05) is 0 Å². The van der Waals surface area contributed by atoms with Gasteiger partial charge in [0, 0.05) is 0 Å². The summed E-state index contributed by atoms with van der Waals surface area (Å²) in [6, 6.07) is 20.6. The first-order valence-corrected chi connectivity index (χ1v) is 11.3. The van der Waals surface area contributed by atoms with Crippen LogP contribution in [-0.4, -0.2) is 11.1 Å². The molecule has 158 valence electrons. The lowest BCUT2D eigenvalue weighted by atomic mass is 9.65. The predicted octanol–water partition coefficient (Wildman–Crippen LogP) is 7.18. The van der Waals surface area contributed by atoms with Crippen LogP contribution in [0.5, 0.6) is 0 Å². The first-order chi connectivity index (χ1) is 14.0. The Balaban J connectivity index is 2.26. The average Bonchev–Trinajstić information content (AvgIpc) is 2.75. The molecular formula is C27H38O2. The summed E-state index contributed by atoms with van der Waals surface area (Å²) in [5.41, 5.74) is 2.18. The van der Waals surface area contributed by atoms with Crippen molar-refractivity contribution >= 4 is 5.97 Å². The fourth-order valence-electron chi connectivity index (χ4n) is 4.58. The Labute approximate surface area is 177 Å². The van der Waals surface area contributed by atoms with E-state index in [1.807, 2.05) is 24.3 Å². The van der Waals surface area contributed by atoms with Crippen LogP contribution in [0.15, 0.2) is 60.7 Å². The molecule has 2 aromatic carbocycles. The number of hydrogen-bond donors (Lipinski definition) is 1. The van der Waals surface area contributed by atoms with Crippen LogP contribution >= 0.6 is 0 Å². The Morgan fingerprint density at radius 2 is 1.55 bits per heavy atom. The summed E-state index contributed by atoms with van der Waals surface area (Å²) in [4.78, 5) is 12.4. The number of aliphatic carboxylic acids is 1. The molecule has 3 unspecified atom stereocenters. The van der Waals surface area contributed by atoms with E-state index in [2.05, 4.69) is 57.2 Å². The highest BCUT2D eigenvalue weighted by Crippen LogP contribution is 2.43. The van der Waals surface area contributed by atoms with Crippen molar-refractivity contribution in [1.82, 2.24) is 0 Å². The number of hydrogen-bond acceptors (Lipinski definition) is 1. The molecule has 3 atom stereocenters. The van der Waals surface area contributed by atoms with Crippen molar-refractivity contribution < 1.29 is 9.90 Å². The molecule has 2 aromatic rings. The van der Waals surface area contributed by atoms with Crippen molar-refractivity contribution in [3.8, 4) is 0 Å². The average molecular weight is 395 g/mol. The molecule has 0 heterocycles. The van der Waals surface area contributed by atoms with Gasteiger partial charge in [-0.05, 0) is 48.1 Å². The maximum Gasteiger partial charge on any atom is 0.307 e. The molecule has 1 N–H and O–H groups in total. The number of carboxylic acid groups (broad SMARTS) is 1. The van der Waals surface area contributed by atoms with Crippen LogP contribution < -0.4 is 0 Å². The first kappa shape index (κ1) is 23.2. The Morgan fingerprint density at radius 3 is 2.07 bits per heavy atom. The van der Waals surface area contributed by atoms with Crippen molar-refractivity contribution in [3.05, 3.63) is 71.8 Å². The maximum atomic E-state index is 12.4. The first-order valence-electron chi connectivity index (χ1n) is 11.3. The minimum atomic E-state index is -0.658. The largest absolute Gasteiger partial charge is 0.481 e. The quantitative estimate of drug-likeness (QED) is 0.391. The molecule has 0 bridgehead atoms. The summed E-state index contributed by atoms with van der Waals surface area (Å²) < 4.78 is 0. The van der Waals surface area contributed by atoms with Crippen molar-refractivity contribution in [2.45, 2.75) is 72.1 Å². The van der Waals surface area contributed by atoms with Crippen LogP contribution in [0.2, 0.25) is 0 Å². The third-order valence-electron chi connectivity index (χ3n) is 6.55. The maximum absolute atomic E-state index is 12.4. The topological polar surface area (TPSA) is 37.3 Å². The highest BCUT2D eigenvalue weighted by molar-refractivity contribution is 5.71. The second-order valence-electron chi connectivity index (χ2n) is 8.84. The van der Waals surface area contributed by atoms with Gasteiger partial charge in [0.15, 0.2) is 0 Å². The number of benzene rings is 2. The fraction of sp³-hybridized carbons (Fsp3) is 0.519. The van der Waals surface area contributed by atoms with Gasteiger partial charge in [0.1, 0.15) is 0 Å². The summed E-state index contributed by atoms with van der Waals surface area (Å²) >= 11 is 0. The van der Waals surface area contributed by atoms with Gasteiger partial charge in [-0.3, -0.25) is 4.79 Å². The second-order valence-corrected chi connectivity index (χ2v) is 8.84. The van der Waals surface area contributed by atoms with E-state index in [1.54, 1.807) is 0 Å². The predicted molar refractivity (Wildman–Crippen MR) is 122 cm³/mol. The monoisotopic (exact) mass is 394 g/mol. The molecule has 2 heteroatoms. The Kier molecular flexibility index (Phi) is 9.44. The summed E-state index contributed by atoms with van der Waals surface area (Å²) in [6.45, 7) is 6.72. The van der Waals surface area contributed by atoms with E-state index in [4.69, 9.17) is 0 Å². The van der Waals surface area contributed by atoms with E-state index in [0.717, 1.165) is 31.2 Å². The van der Waals surface area contributed by atoms with Crippen LogP contribution in [0, 0.1) is 17.3 Å². The zero-order valence-corrected chi connectivity index (χ0v) is 18.4. The van der Waals surface area contributed by atoms with Crippen LogP contribution in [0.4, 0.5) is 0 Å². The minimum absolute atomic E-state index is 0.230. The molecule has 2 nitrogen and oxygen atoms in total. The Bertz CT molecular complexity index is 710. The van der Waals surface area contributed by atoms with Crippen LogP contribution in [0.1, 0.15) is 70.4 Å². The van der Waals surface area contributed by atoms with Gasteiger partial charge in [-0.15, -0.1) is 0 Å². The van der Waals surface area contributed by atoms with Crippen LogP contribution in [-0.2, 0) is 17.6 Å². The molecule has 0 spiro atoms. The molecule has 0 amide bonds. The Hall–Kier alpha value is -2.09. The van der Waals surface area contributed by atoms with E-state index in [1.165, 1.54) is 24.8 Å². The summed E-state index contributed by atoms with van der Waals surface area (Å²) in [6.07, 6.45) is 8.17. The molecular weight excluding hydrogens is 356 g/mol. The molecule has 0 saturated carbocycles. The van der Waals surface area contributed by atoms with Crippen molar-refractivity contribution in [1.29, 1.82) is 0 Å². The SMILES string of the molecule is CCCCC(CC)CC(C)(CCc1ccccc1)C(Cc1ccccc1)C(=O)O. The molecule has 0 aromatic heterocycles. The van der Waals surface area contributed by atoms with Gasteiger partial charge in [0.25, 0.3) is 0 Å². The van der Waals surface area contributed by atoms with Crippen molar-refractivity contribution in [2.24, 2.45) is 17.3 Å². The summed E-state index contributed by atoms with van der Waals surface area (Å²) in [7, 11) is 0. The standard InChI is InChI=1S/C27H38O2/c1-4-6-13-22(5-2)21-27(3,19-18-23-14-9-7-10-15-23)25(26(28)29)20-24-16-11-8-12-17-24/h7-12,14-17,22,25H,4-6,13,18-21H2,1-3H3,(H,28,29). The summed E-state index contributed by atoms with van der Waals surface area (Å²) in [5.74, 6) is -0.438. The fourth-order valence-corrected chi connectivity index (χ4v) is 4.58. The molecule has 29 heavy (non-hydrogen) atoms. The number of unbranched alkanes of at least 4 members (excludes halogenated alkanes) is 1. The highest BCUT2D eigenvalue weighted by Gasteiger charge is 2.40. The molecule has 0 radical (unpaired) electrons. The van der Waals surface area contributed by atoms with Gasteiger partial charge in [0.2, 0.25) is 0 Å². The van der Waals surface area contributed by atoms with Gasteiger partial charge in [-0.1, -0.05) is 107 Å². The van der Waals surface area contributed by atoms with Crippen molar-refractivity contribution in [3.63, 3.8) is 0 Å². The van der Waals surface area contributed by atoms with Gasteiger partial charge in [0.05, 0.1) is 5.92 Å². The lowest BCUT2D eigenvalue weighted by Gasteiger charge is -2.39. The lowest BCUT2D eigenvalue weighted by Crippen LogP contribution is -2.37. The Morgan fingerprint density at radius 1 is 0.966 bits per heavy atom.